The standard InChI is InChI=1S/C14H27NO2/c1-4-11(10(2)3)9-14(17)15-13(7-8-16)12-5-6-12/h10-13,16H,4-9H2,1-3H3,(H,15,17). The molecule has 1 aliphatic carbocycles. The highest BCUT2D eigenvalue weighted by atomic mass is 16.3. The van der Waals surface area contributed by atoms with E-state index in [4.69, 9.17) is 5.11 Å². The van der Waals surface area contributed by atoms with E-state index in [2.05, 4.69) is 26.1 Å². The normalized spacial score (nSPS) is 19.1. The molecule has 0 aromatic rings. The number of carbonyl (C=O) groups excluding carboxylic acids is 1. The van der Waals surface area contributed by atoms with Crippen LogP contribution in [0, 0.1) is 17.8 Å². The maximum absolute atomic E-state index is 11.9. The zero-order valence-corrected chi connectivity index (χ0v) is 11.4. The second kappa shape index (κ2) is 7.00. The SMILES string of the molecule is CCC(CC(=O)NC(CCO)C1CC1)C(C)C. The molecule has 2 N–H and O–H groups in total. The van der Waals surface area contributed by atoms with Gasteiger partial charge in [-0.05, 0) is 37.0 Å². The van der Waals surface area contributed by atoms with Crippen molar-refractivity contribution >= 4 is 5.91 Å². The monoisotopic (exact) mass is 241 g/mol. The molecule has 0 aromatic heterocycles. The van der Waals surface area contributed by atoms with Gasteiger partial charge in [-0.3, -0.25) is 4.79 Å². The fraction of sp³-hybridized carbons (Fsp3) is 0.929. The first-order valence-electron chi connectivity index (χ1n) is 6.98. The minimum absolute atomic E-state index is 0.163. The van der Waals surface area contributed by atoms with Crippen LogP contribution in [0.25, 0.3) is 0 Å². The van der Waals surface area contributed by atoms with Crippen LogP contribution in [0.1, 0.15) is 52.9 Å². The van der Waals surface area contributed by atoms with E-state index in [0.717, 1.165) is 6.42 Å². The second-order valence-electron chi connectivity index (χ2n) is 5.64. The van der Waals surface area contributed by atoms with Crippen molar-refractivity contribution in [1.82, 2.24) is 5.32 Å². The van der Waals surface area contributed by atoms with Gasteiger partial charge in [-0.2, -0.15) is 0 Å². The number of amides is 1. The van der Waals surface area contributed by atoms with Crippen molar-refractivity contribution in [3.8, 4) is 0 Å². The highest BCUT2D eigenvalue weighted by Gasteiger charge is 2.32. The summed E-state index contributed by atoms with van der Waals surface area (Å²) in [4.78, 5) is 11.9. The van der Waals surface area contributed by atoms with Crippen LogP contribution in [0.5, 0.6) is 0 Å². The van der Waals surface area contributed by atoms with Crippen LogP contribution >= 0.6 is 0 Å². The Morgan fingerprint density at radius 2 is 2.06 bits per heavy atom. The molecule has 1 amide bonds. The van der Waals surface area contributed by atoms with Crippen LogP contribution in [0.3, 0.4) is 0 Å². The van der Waals surface area contributed by atoms with Crippen LogP contribution < -0.4 is 5.32 Å². The molecule has 0 heterocycles. The Morgan fingerprint density at radius 3 is 2.47 bits per heavy atom. The molecule has 0 bridgehead atoms. The predicted molar refractivity (Wildman–Crippen MR) is 69.6 cm³/mol. The first-order valence-corrected chi connectivity index (χ1v) is 6.98. The number of rotatable bonds is 8. The fourth-order valence-electron chi connectivity index (χ4n) is 2.42. The molecule has 17 heavy (non-hydrogen) atoms. The van der Waals surface area contributed by atoms with E-state index < -0.39 is 0 Å². The van der Waals surface area contributed by atoms with Crippen molar-refractivity contribution in [1.29, 1.82) is 0 Å². The summed E-state index contributed by atoms with van der Waals surface area (Å²) >= 11 is 0. The topological polar surface area (TPSA) is 49.3 Å². The zero-order valence-electron chi connectivity index (χ0n) is 11.4. The number of hydrogen-bond donors (Lipinski definition) is 2. The molecule has 0 saturated heterocycles. The lowest BCUT2D eigenvalue weighted by Gasteiger charge is -2.22. The van der Waals surface area contributed by atoms with E-state index in [0.29, 0.717) is 30.6 Å². The first kappa shape index (κ1) is 14.5. The largest absolute Gasteiger partial charge is 0.396 e. The third kappa shape index (κ3) is 5.07. The van der Waals surface area contributed by atoms with Crippen molar-refractivity contribution < 1.29 is 9.90 Å². The average Bonchev–Trinajstić information content (AvgIpc) is 3.08. The summed E-state index contributed by atoms with van der Waals surface area (Å²) in [6.45, 7) is 6.66. The average molecular weight is 241 g/mol. The van der Waals surface area contributed by atoms with Gasteiger partial charge in [-0.1, -0.05) is 27.2 Å². The summed E-state index contributed by atoms with van der Waals surface area (Å²) in [5.74, 6) is 1.81. The van der Waals surface area contributed by atoms with Gasteiger partial charge in [-0.15, -0.1) is 0 Å². The molecule has 1 saturated carbocycles. The van der Waals surface area contributed by atoms with Gasteiger partial charge in [0, 0.05) is 19.1 Å². The summed E-state index contributed by atoms with van der Waals surface area (Å²) in [7, 11) is 0. The Kier molecular flexibility index (Phi) is 5.96. The van der Waals surface area contributed by atoms with Crippen LogP contribution in [-0.4, -0.2) is 23.7 Å². The molecule has 0 aromatic carbocycles. The number of aliphatic hydroxyl groups is 1. The van der Waals surface area contributed by atoms with Gasteiger partial charge >= 0.3 is 0 Å². The molecule has 3 nitrogen and oxygen atoms in total. The van der Waals surface area contributed by atoms with E-state index >= 15 is 0 Å². The highest BCUT2D eigenvalue weighted by Crippen LogP contribution is 2.34. The van der Waals surface area contributed by atoms with Gasteiger partial charge in [0.2, 0.25) is 5.91 Å². The molecular formula is C14H27NO2. The van der Waals surface area contributed by atoms with Crippen molar-refractivity contribution in [2.75, 3.05) is 6.61 Å². The molecule has 100 valence electrons. The van der Waals surface area contributed by atoms with Crippen LogP contribution in [0.15, 0.2) is 0 Å². The van der Waals surface area contributed by atoms with Crippen molar-refractivity contribution in [3.05, 3.63) is 0 Å². The minimum atomic E-state index is 0.163. The van der Waals surface area contributed by atoms with Gasteiger partial charge in [0.05, 0.1) is 0 Å². The summed E-state index contributed by atoms with van der Waals surface area (Å²) in [5, 5.41) is 12.1. The summed E-state index contributed by atoms with van der Waals surface area (Å²) < 4.78 is 0. The maximum Gasteiger partial charge on any atom is 0.220 e. The lowest BCUT2D eigenvalue weighted by molar-refractivity contribution is -0.123. The molecule has 2 atom stereocenters. The molecule has 0 radical (unpaired) electrons. The molecule has 1 aliphatic rings. The van der Waals surface area contributed by atoms with Crippen LogP contribution in [0.4, 0.5) is 0 Å². The third-order valence-corrected chi connectivity index (χ3v) is 3.89. The summed E-state index contributed by atoms with van der Waals surface area (Å²) in [6, 6.07) is 0.206. The van der Waals surface area contributed by atoms with Crippen molar-refractivity contribution in [2.24, 2.45) is 17.8 Å². The maximum atomic E-state index is 11.9. The number of nitrogens with one attached hydrogen (secondary N) is 1. The Labute approximate surface area is 105 Å². The van der Waals surface area contributed by atoms with Gasteiger partial charge in [0.15, 0.2) is 0 Å². The number of hydrogen-bond acceptors (Lipinski definition) is 2. The lowest BCUT2D eigenvalue weighted by Crippen LogP contribution is -2.38. The van der Waals surface area contributed by atoms with Crippen LogP contribution in [0.2, 0.25) is 0 Å². The highest BCUT2D eigenvalue weighted by molar-refractivity contribution is 5.76. The van der Waals surface area contributed by atoms with E-state index in [1.54, 1.807) is 0 Å². The van der Waals surface area contributed by atoms with E-state index in [9.17, 15) is 4.79 Å². The van der Waals surface area contributed by atoms with Gasteiger partial charge < -0.3 is 10.4 Å². The lowest BCUT2D eigenvalue weighted by atomic mass is 9.90. The van der Waals surface area contributed by atoms with E-state index in [-0.39, 0.29) is 18.6 Å². The molecule has 1 rings (SSSR count). The Bertz CT molecular complexity index is 236. The third-order valence-electron chi connectivity index (χ3n) is 3.89. The molecule has 2 unspecified atom stereocenters. The van der Waals surface area contributed by atoms with Gasteiger partial charge in [0.1, 0.15) is 0 Å². The smallest absolute Gasteiger partial charge is 0.220 e. The van der Waals surface area contributed by atoms with Crippen LogP contribution in [-0.2, 0) is 4.79 Å². The molecular weight excluding hydrogens is 214 g/mol. The number of carbonyl (C=O) groups is 1. The first-order chi connectivity index (χ1) is 8.08. The van der Waals surface area contributed by atoms with E-state index in [1.165, 1.54) is 12.8 Å². The Hall–Kier alpha value is -0.570. The second-order valence-corrected chi connectivity index (χ2v) is 5.64. The van der Waals surface area contributed by atoms with Gasteiger partial charge in [-0.25, -0.2) is 0 Å². The summed E-state index contributed by atoms with van der Waals surface area (Å²) in [6.07, 6.45) is 4.79. The summed E-state index contributed by atoms with van der Waals surface area (Å²) in [5.41, 5.74) is 0. The number of aliphatic hydroxyl groups excluding tert-OH is 1. The fourth-order valence-corrected chi connectivity index (χ4v) is 2.42. The Balaban J connectivity index is 2.35. The van der Waals surface area contributed by atoms with Crippen molar-refractivity contribution in [2.45, 2.75) is 58.9 Å². The molecule has 1 fully saturated rings. The Morgan fingerprint density at radius 1 is 1.41 bits per heavy atom. The van der Waals surface area contributed by atoms with E-state index in [1.807, 2.05) is 0 Å². The quantitative estimate of drug-likeness (QED) is 0.685. The van der Waals surface area contributed by atoms with Crippen molar-refractivity contribution in [3.63, 3.8) is 0 Å². The predicted octanol–water partition coefficient (Wildman–Crippen LogP) is 2.34. The zero-order chi connectivity index (χ0) is 12.8. The molecule has 3 heteroatoms. The molecule has 0 aliphatic heterocycles. The molecule has 0 spiro atoms. The minimum Gasteiger partial charge on any atom is -0.396 e. The van der Waals surface area contributed by atoms with Gasteiger partial charge in [0.25, 0.3) is 0 Å².